The quantitative estimate of drug-likeness (QED) is 0.760. The Labute approximate surface area is 115 Å². The smallest absolute Gasteiger partial charge is 0.276 e. The number of nitrogens with zero attached hydrogens (tertiary/aromatic N) is 3. The van der Waals surface area contributed by atoms with Crippen LogP contribution in [0.1, 0.15) is 12.0 Å². The molecule has 4 rings (SSSR count). The average Bonchev–Trinajstić information content (AvgIpc) is 2.94. The van der Waals surface area contributed by atoms with Crippen LogP contribution in [0.2, 0.25) is 0 Å². The van der Waals surface area contributed by atoms with E-state index in [1.165, 1.54) is 0 Å². The van der Waals surface area contributed by atoms with Gasteiger partial charge in [0.05, 0.1) is 0 Å². The van der Waals surface area contributed by atoms with Crippen molar-refractivity contribution in [3.05, 3.63) is 35.8 Å². The number of amides is 1. The summed E-state index contributed by atoms with van der Waals surface area (Å²) >= 11 is 0. The Kier molecular flexibility index (Phi) is 2.35. The van der Waals surface area contributed by atoms with Gasteiger partial charge in [-0.2, -0.15) is 0 Å². The molecule has 2 aromatic rings. The molecule has 0 spiro atoms. The molecule has 6 nitrogen and oxygen atoms in total. The van der Waals surface area contributed by atoms with Gasteiger partial charge in [0, 0.05) is 36.4 Å². The molecule has 100 valence electrons. The van der Waals surface area contributed by atoms with E-state index in [-0.39, 0.29) is 5.91 Å². The van der Waals surface area contributed by atoms with Crippen LogP contribution >= 0.6 is 0 Å². The molecular weight excluding hydrogens is 254 g/mol. The average molecular weight is 267 g/mol. The SMILES string of the molecule is O=C1NC(N2CCC2)=N/C1=C\c1c[nH]c2ncccc12. The number of hydrogen-bond donors (Lipinski definition) is 2. The summed E-state index contributed by atoms with van der Waals surface area (Å²) in [6, 6.07) is 3.85. The first kappa shape index (κ1) is 11.2. The van der Waals surface area contributed by atoms with Gasteiger partial charge in [0.2, 0.25) is 5.96 Å². The lowest BCUT2D eigenvalue weighted by Gasteiger charge is -2.31. The molecule has 4 heterocycles. The number of carbonyl (C=O) groups excluding carboxylic acids is 1. The number of nitrogens with one attached hydrogen (secondary N) is 2. The number of rotatable bonds is 1. The Morgan fingerprint density at radius 1 is 1.35 bits per heavy atom. The number of carbonyl (C=O) groups is 1. The van der Waals surface area contributed by atoms with Crippen LogP contribution in [0.15, 0.2) is 35.2 Å². The van der Waals surface area contributed by atoms with Crippen LogP contribution in [0, 0.1) is 0 Å². The predicted molar refractivity (Wildman–Crippen MR) is 75.8 cm³/mol. The second-order valence-corrected chi connectivity index (χ2v) is 4.90. The van der Waals surface area contributed by atoms with Crippen LogP contribution in [-0.4, -0.2) is 39.8 Å². The summed E-state index contributed by atoms with van der Waals surface area (Å²) in [5.41, 5.74) is 2.17. The van der Waals surface area contributed by atoms with E-state index >= 15 is 0 Å². The molecule has 2 aromatic heterocycles. The van der Waals surface area contributed by atoms with E-state index in [0.717, 1.165) is 36.1 Å². The minimum Gasteiger partial charge on any atom is -0.346 e. The van der Waals surface area contributed by atoms with Crippen LogP contribution in [0.4, 0.5) is 0 Å². The number of H-pyrrole nitrogens is 1. The van der Waals surface area contributed by atoms with E-state index in [4.69, 9.17) is 0 Å². The zero-order valence-electron chi connectivity index (χ0n) is 10.8. The van der Waals surface area contributed by atoms with Gasteiger partial charge >= 0.3 is 0 Å². The summed E-state index contributed by atoms with van der Waals surface area (Å²) in [7, 11) is 0. The first-order chi connectivity index (χ1) is 9.81. The van der Waals surface area contributed by atoms with Gasteiger partial charge in [-0.05, 0) is 24.6 Å². The van der Waals surface area contributed by atoms with E-state index in [0.29, 0.717) is 11.7 Å². The number of aromatic nitrogens is 2. The Morgan fingerprint density at radius 3 is 3.05 bits per heavy atom. The Balaban J connectivity index is 1.72. The maximum Gasteiger partial charge on any atom is 0.276 e. The summed E-state index contributed by atoms with van der Waals surface area (Å²) < 4.78 is 0. The molecule has 1 saturated heterocycles. The zero-order valence-corrected chi connectivity index (χ0v) is 10.8. The summed E-state index contributed by atoms with van der Waals surface area (Å²) in [6.07, 6.45) is 6.53. The fraction of sp³-hybridized carbons (Fsp3) is 0.214. The second-order valence-electron chi connectivity index (χ2n) is 4.90. The first-order valence-electron chi connectivity index (χ1n) is 6.60. The first-order valence-corrected chi connectivity index (χ1v) is 6.60. The molecule has 6 heteroatoms. The number of aromatic amines is 1. The third-order valence-electron chi connectivity index (χ3n) is 3.62. The van der Waals surface area contributed by atoms with Crippen molar-refractivity contribution in [2.75, 3.05) is 13.1 Å². The van der Waals surface area contributed by atoms with E-state index in [2.05, 4.69) is 25.2 Å². The van der Waals surface area contributed by atoms with E-state index in [9.17, 15) is 4.79 Å². The van der Waals surface area contributed by atoms with Gasteiger partial charge in [-0.15, -0.1) is 0 Å². The topological polar surface area (TPSA) is 73.4 Å². The molecule has 20 heavy (non-hydrogen) atoms. The van der Waals surface area contributed by atoms with Crippen LogP contribution in [-0.2, 0) is 4.79 Å². The van der Waals surface area contributed by atoms with Gasteiger partial charge in [-0.3, -0.25) is 10.1 Å². The Hall–Kier alpha value is -2.63. The van der Waals surface area contributed by atoms with Crippen molar-refractivity contribution >= 4 is 29.0 Å². The van der Waals surface area contributed by atoms with Gasteiger partial charge in [0.15, 0.2) is 0 Å². The lowest BCUT2D eigenvalue weighted by Crippen LogP contribution is -2.47. The molecule has 0 bridgehead atoms. The number of fused-ring (bicyclic) bond motifs is 1. The molecule has 0 radical (unpaired) electrons. The molecule has 0 aliphatic carbocycles. The fourth-order valence-electron chi connectivity index (χ4n) is 2.38. The minimum absolute atomic E-state index is 0.148. The number of pyridine rings is 1. The highest BCUT2D eigenvalue weighted by Gasteiger charge is 2.27. The van der Waals surface area contributed by atoms with Crippen molar-refractivity contribution in [3.63, 3.8) is 0 Å². The highest BCUT2D eigenvalue weighted by atomic mass is 16.2. The van der Waals surface area contributed by atoms with E-state index in [1.54, 1.807) is 12.3 Å². The third kappa shape index (κ3) is 1.69. The fourth-order valence-corrected chi connectivity index (χ4v) is 2.38. The number of hydrogen-bond acceptors (Lipinski definition) is 4. The molecule has 0 unspecified atom stereocenters. The predicted octanol–water partition coefficient (Wildman–Crippen LogP) is 1.10. The highest BCUT2D eigenvalue weighted by molar-refractivity contribution is 6.14. The maximum absolute atomic E-state index is 11.9. The van der Waals surface area contributed by atoms with E-state index < -0.39 is 0 Å². The van der Waals surface area contributed by atoms with Crippen LogP contribution in [0.25, 0.3) is 17.1 Å². The molecule has 2 aliphatic heterocycles. The van der Waals surface area contributed by atoms with Crippen molar-refractivity contribution in [2.24, 2.45) is 4.99 Å². The van der Waals surface area contributed by atoms with Crippen molar-refractivity contribution in [3.8, 4) is 0 Å². The number of guanidine groups is 1. The second kappa shape index (κ2) is 4.19. The van der Waals surface area contributed by atoms with Gasteiger partial charge in [-0.1, -0.05) is 0 Å². The van der Waals surface area contributed by atoms with Crippen LogP contribution in [0.3, 0.4) is 0 Å². The maximum atomic E-state index is 11.9. The lowest BCUT2D eigenvalue weighted by molar-refractivity contribution is -0.115. The van der Waals surface area contributed by atoms with Crippen molar-refractivity contribution in [1.82, 2.24) is 20.2 Å². The molecule has 0 aromatic carbocycles. The molecule has 0 atom stereocenters. The van der Waals surface area contributed by atoms with Crippen LogP contribution < -0.4 is 5.32 Å². The largest absolute Gasteiger partial charge is 0.346 e. The molecule has 2 aliphatic rings. The summed E-state index contributed by atoms with van der Waals surface area (Å²) in [5, 5.41) is 3.80. The lowest BCUT2D eigenvalue weighted by atomic mass is 10.2. The number of aliphatic imine (C=N–C) groups is 1. The summed E-state index contributed by atoms with van der Waals surface area (Å²) in [5.74, 6) is 0.524. The van der Waals surface area contributed by atoms with Crippen molar-refractivity contribution in [2.45, 2.75) is 6.42 Å². The monoisotopic (exact) mass is 267 g/mol. The third-order valence-corrected chi connectivity index (χ3v) is 3.62. The molecule has 1 amide bonds. The Morgan fingerprint density at radius 2 is 2.25 bits per heavy atom. The van der Waals surface area contributed by atoms with E-state index in [1.807, 2.05) is 18.3 Å². The molecule has 1 fully saturated rings. The van der Waals surface area contributed by atoms with Gasteiger partial charge in [0.25, 0.3) is 5.91 Å². The van der Waals surface area contributed by atoms with Gasteiger partial charge in [-0.25, -0.2) is 9.98 Å². The summed E-state index contributed by atoms with van der Waals surface area (Å²) in [4.78, 5) is 25.7. The molecular formula is C14H13N5O. The summed E-state index contributed by atoms with van der Waals surface area (Å²) in [6.45, 7) is 1.92. The minimum atomic E-state index is -0.148. The van der Waals surface area contributed by atoms with Crippen molar-refractivity contribution in [1.29, 1.82) is 0 Å². The highest BCUT2D eigenvalue weighted by Crippen LogP contribution is 2.21. The van der Waals surface area contributed by atoms with Crippen LogP contribution in [0.5, 0.6) is 0 Å². The Bertz CT molecular complexity index is 754. The molecule has 2 N–H and O–H groups in total. The van der Waals surface area contributed by atoms with Gasteiger partial charge in [0.1, 0.15) is 11.3 Å². The van der Waals surface area contributed by atoms with Crippen molar-refractivity contribution < 1.29 is 4.79 Å². The standard InChI is InChI=1S/C14H13N5O/c20-13-11(17-14(18-13)19-5-2-6-19)7-9-8-16-12-10(9)3-1-4-15-12/h1,3-4,7-8H,2,5-6H2,(H,15,16)(H,17,18,20)/b11-7-. The van der Waals surface area contributed by atoms with Gasteiger partial charge < -0.3 is 9.88 Å². The zero-order chi connectivity index (χ0) is 13.5. The molecule has 0 saturated carbocycles. The normalized spacial score (nSPS) is 20.2. The number of likely N-dealkylation sites (tertiary alicyclic amines) is 1.